The molecule has 9 rings (SSSR count). The van der Waals surface area contributed by atoms with E-state index in [2.05, 4.69) is 10.6 Å². The Morgan fingerprint density at radius 2 is 1.54 bits per heavy atom. The molecule has 0 radical (unpaired) electrons. The molecule has 4 aromatic carbocycles. The number of ether oxygens (including phenoxy) is 5. The summed E-state index contributed by atoms with van der Waals surface area (Å²) >= 11 is 0. The van der Waals surface area contributed by atoms with Gasteiger partial charge in [0.15, 0.2) is 6.04 Å². The number of nitrogens with zero attached hydrogens (tertiary/aromatic N) is 1. The maximum Gasteiger partial charge on any atom is 0.348 e. The van der Waals surface area contributed by atoms with Crippen LogP contribution in [0.5, 0.6) is 0 Å². The monoisotopic (exact) mass is 857 g/mol. The van der Waals surface area contributed by atoms with Crippen LogP contribution in [0.4, 0.5) is 0 Å². The predicted molar refractivity (Wildman–Crippen MR) is 222 cm³/mol. The smallest absolute Gasteiger partial charge is 0.348 e. The van der Waals surface area contributed by atoms with Gasteiger partial charge in [0.05, 0.1) is 13.2 Å². The van der Waals surface area contributed by atoms with Crippen molar-refractivity contribution in [3.8, 4) is 0 Å². The first kappa shape index (κ1) is 42.1. The summed E-state index contributed by atoms with van der Waals surface area (Å²) in [5, 5.41) is 16.4. The molecule has 15 nitrogen and oxygen atoms in total. The van der Waals surface area contributed by atoms with Crippen LogP contribution in [-0.4, -0.2) is 96.2 Å². The number of carbonyl (C=O) groups excluding carboxylic acids is 5. The van der Waals surface area contributed by atoms with E-state index in [9.17, 15) is 29.1 Å². The van der Waals surface area contributed by atoms with E-state index in [1.807, 2.05) is 72.8 Å². The molecular weight excluding hydrogens is 811 g/mol. The lowest BCUT2D eigenvalue weighted by Crippen LogP contribution is -2.69. The zero-order valence-corrected chi connectivity index (χ0v) is 34.6. The fourth-order valence-corrected chi connectivity index (χ4v) is 9.30. The Bertz CT molecular complexity index is 2390. The van der Waals surface area contributed by atoms with Crippen molar-refractivity contribution < 1.29 is 57.6 Å². The van der Waals surface area contributed by atoms with Gasteiger partial charge in [-0.1, -0.05) is 111 Å². The van der Waals surface area contributed by atoms with Gasteiger partial charge >= 0.3 is 17.9 Å². The molecule has 2 bridgehead atoms. The van der Waals surface area contributed by atoms with Gasteiger partial charge in [-0.3, -0.25) is 19.2 Å². The van der Waals surface area contributed by atoms with Crippen molar-refractivity contribution in [2.45, 2.75) is 75.7 Å². The first-order valence-corrected chi connectivity index (χ1v) is 20.9. The molecule has 63 heavy (non-hydrogen) atoms. The number of hydrogen-bond acceptors (Lipinski definition) is 13. The Balaban J connectivity index is 1.01. The van der Waals surface area contributed by atoms with Crippen molar-refractivity contribution in [2.75, 3.05) is 19.8 Å². The highest BCUT2D eigenvalue weighted by Gasteiger charge is 2.76. The summed E-state index contributed by atoms with van der Waals surface area (Å²) < 4.78 is 30.7. The normalized spacial score (nSPS) is 27.6. The van der Waals surface area contributed by atoms with Crippen molar-refractivity contribution >= 4 is 35.8 Å². The van der Waals surface area contributed by atoms with E-state index in [0.717, 1.165) is 5.56 Å². The number of aliphatic hydroxyl groups excluding tert-OH is 1. The van der Waals surface area contributed by atoms with E-state index < -0.39 is 77.0 Å². The van der Waals surface area contributed by atoms with E-state index in [1.54, 1.807) is 56.3 Å². The van der Waals surface area contributed by atoms with Crippen LogP contribution in [0, 0.1) is 10.8 Å². The van der Waals surface area contributed by atoms with E-state index >= 15 is 0 Å². The molecule has 5 aliphatic rings. The van der Waals surface area contributed by atoms with Gasteiger partial charge in [-0.05, 0) is 34.9 Å². The van der Waals surface area contributed by atoms with Gasteiger partial charge in [-0.25, -0.2) is 9.59 Å². The predicted octanol–water partition coefficient (Wildman–Crippen LogP) is 3.72. The minimum Gasteiger partial charge on any atom is -0.462 e. The maximum absolute atomic E-state index is 15.0. The van der Waals surface area contributed by atoms with Gasteiger partial charge in [-0.2, -0.15) is 5.06 Å². The highest BCUT2D eigenvalue weighted by Crippen LogP contribution is 2.59. The summed E-state index contributed by atoms with van der Waals surface area (Å²) in [7, 11) is 0. The topological polar surface area (TPSA) is 188 Å². The van der Waals surface area contributed by atoms with Gasteiger partial charge in [0, 0.05) is 47.7 Å². The van der Waals surface area contributed by atoms with Crippen LogP contribution < -0.4 is 10.6 Å². The van der Waals surface area contributed by atoms with Gasteiger partial charge in [0.2, 0.25) is 17.8 Å². The molecular formula is C48H47N3O12. The minimum absolute atomic E-state index is 0.0370. The molecule has 326 valence electrons. The number of aliphatic hydroxyl groups is 1. The molecule has 1 aliphatic carbocycles. The summed E-state index contributed by atoms with van der Waals surface area (Å²) in [4.78, 5) is 73.6. The fourth-order valence-electron chi connectivity index (χ4n) is 9.30. The Kier molecular flexibility index (Phi) is 11.2. The maximum atomic E-state index is 15.0. The summed E-state index contributed by atoms with van der Waals surface area (Å²) in [6.07, 6.45) is -1.65. The van der Waals surface area contributed by atoms with Crippen molar-refractivity contribution in [2.24, 2.45) is 10.8 Å². The van der Waals surface area contributed by atoms with Crippen LogP contribution >= 0.6 is 0 Å². The Morgan fingerprint density at radius 1 is 0.841 bits per heavy atom. The highest BCUT2D eigenvalue weighted by molar-refractivity contribution is 5.95. The van der Waals surface area contributed by atoms with Crippen molar-refractivity contribution in [3.05, 3.63) is 149 Å². The van der Waals surface area contributed by atoms with Crippen LogP contribution in [-0.2, 0) is 66.6 Å². The third-order valence-corrected chi connectivity index (χ3v) is 12.4. The molecule has 0 aromatic heterocycles. The lowest BCUT2D eigenvalue weighted by atomic mass is 9.62. The molecule has 7 atom stereocenters. The second kappa shape index (κ2) is 16.8. The molecule has 3 N–H and O–H groups in total. The summed E-state index contributed by atoms with van der Waals surface area (Å²) in [6, 6.07) is 31.8. The number of benzene rings is 4. The highest BCUT2D eigenvalue weighted by atomic mass is 16.8. The Morgan fingerprint density at radius 3 is 2.21 bits per heavy atom. The lowest BCUT2D eigenvalue weighted by molar-refractivity contribution is -0.213. The molecule has 0 spiro atoms. The average molecular weight is 858 g/mol. The van der Waals surface area contributed by atoms with Crippen LogP contribution in [0.2, 0.25) is 0 Å². The third-order valence-electron chi connectivity index (χ3n) is 12.4. The third kappa shape index (κ3) is 7.69. The molecule has 2 amide bonds. The number of esters is 3. The molecule has 0 unspecified atom stereocenters. The number of rotatable bonds is 13. The molecule has 5 fully saturated rings. The first-order valence-electron chi connectivity index (χ1n) is 20.9. The van der Waals surface area contributed by atoms with Gasteiger partial charge in [-0.15, -0.1) is 0 Å². The molecule has 4 heterocycles. The van der Waals surface area contributed by atoms with Crippen LogP contribution in [0.1, 0.15) is 58.4 Å². The SMILES string of the molecule is CC1(C)COC(=O)[C@@H]1OC(=O)C=Cc1ccc(CN2O[C@@H]3[C@H]4OC(c5ccccc5)(c5ccccc5)O[C@H]4[C@@H]4C[C@]3(C(=O)NCc3cccc(C(=O)NCCO)c3)[C@@H]2C(=O)O4)cc1. The summed E-state index contributed by atoms with van der Waals surface area (Å²) in [6.45, 7) is 3.75. The molecule has 4 aromatic rings. The zero-order chi connectivity index (χ0) is 43.9. The first-order chi connectivity index (χ1) is 30.4. The van der Waals surface area contributed by atoms with E-state index in [4.69, 9.17) is 28.5 Å². The second-order valence-electron chi connectivity index (χ2n) is 17.1. The van der Waals surface area contributed by atoms with Crippen molar-refractivity contribution in [1.82, 2.24) is 15.7 Å². The second-order valence-corrected chi connectivity index (χ2v) is 17.1. The van der Waals surface area contributed by atoms with Crippen LogP contribution in [0.15, 0.2) is 115 Å². The standard InChI is InChI=1S/C48H47N3O12/c1-46(2)28-58-44(56)41(46)60-36(53)21-20-29-16-18-30(19-17-29)27-51-39-43(55)59-35-25-47(39,45(57)50-26-31-10-9-11-32(24-31)42(54)49-22-23-52)40(63-51)38-37(35)61-48(62-38,33-12-5-3-6-13-33)34-14-7-4-8-15-34/h3-21,24,35,37-41,52H,22-23,25-28H2,1-2H3,(H,49,54)(H,50,57)/t35-,37-,38-,39-,40+,41-,47-/m0/s1. The Hall–Kier alpha value is -6.23. The molecule has 1 saturated carbocycles. The lowest BCUT2D eigenvalue weighted by Gasteiger charge is -2.48. The van der Waals surface area contributed by atoms with Gasteiger partial charge in [0.1, 0.15) is 36.4 Å². The summed E-state index contributed by atoms with van der Waals surface area (Å²) in [5.41, 5.74) is 1.70. The van der Waals surface area contributed by atoms with Crippen LogP contribution in [0.3, 0.4) is 0 Å². The van der Waals surface area contributed by atoms with Gasteiger partial charge < -0.3 is 39.4 Å². The number of cyclic esters (lactones) is 1. The Labute approximate surface area is 363 Å². The summed E-state index contributed by atoms with van der Waals surface area (Å²) in [5.74, 6) is -4.13. The number of hydrogen-bond donors (Lipinski definition) is 3. The van der Waals surface area contributed by atoms with Crippen molar-refractivity contribution in [3.63, 3.8) is 0 Å². The molecule has 4 aliphatic heterocycles. The number of nitrogens with one attached hydrogen (secondary N) is 2. The quantitative estimate of drug-likeness (QED) is 0.100. The zero-order valence-electron chi connectivity index (χ0n) is 34.6. The minimum atomic E-state index is -1.49. The van der Waals surface area contributed by atoms with E-state index in [-0.39, 0.29) is 45.2 Å². The number of hydroxylamine groups is 2. The molecule has 4 saturated heterocycles. The largest absolute Gasteiger partial charge is 0.462 e. The fraction of sp³-hybridized carbons (Fsp3) is 0.354. The molecule has 15 heteroatoms. The van der Waals surface area contributed by atoms with Gasteiger partial charge in [0.25, 0.3) is 5.91 Å². The number of carbonyl (C=O) groups is 5. The average Bonchev–Trinajstić information content (AvgIpc) is 3.96. The van der Waals surface area contributed by atoms with Crippen LogP contribution in [0.25, 0.3) is 6.08 Å². The van der Waals surface area contributed by atoms with Crippen molar-refractivity contribution in [1.29, 1.82) is 0 Å². The van der Waals surface area contributed by atoms with E-state index in [0.29, 0.717) is 27.8 Å². The number of amides is 2. The van der Waals surface area contributed by atoms with E-state index in [1.165, 1.54) is 11.1 Å². The number of fused-ring (bicyclic) bond motifs is 4.